The molecule has 0 aromatic heterocycles. The van der Waals surface area contributed by atoms with Crippen molar-refractivity contribution in [3.63, 3.8) is 0 Å². The number of benzene rings is 1. The number of ether oxygens (including phenoxy) is 6. The monoisotopic (exact) mass is 863 g/mol. The summed E-state index contributed by atoms with van der Waals surface area (Å²) in [6, 6.07) is 8.00. The van der Waals surface area contributed by atoms with E-state index >= 15 is 0 Å². The SMILES string of the molecule is C[C@@H]1O[C@@H](O[C@@H]2[C@@H](C)C[C@@H](C(=O)NCCC#C[Si](C)(C)C)C[C@H]2O[C@@H]2O[C@H](CO)[C@H](O)[C@H](O[C@@H](CC3CCCCC3)C(=O)O)[C@H]2OC(=O)c2ccccc2)[C@@H](O)[C@H](O)[C@@H]1O. The van der Waals surface area contributed by atoms with E-state index < -0.39 is 118 Å². The highest BCUT2D eigenvalue weighted by Crippen LogP contribution is 2.39. The van der Waals surface area contributed by atoms with Crippen molar-refractivity contribution in [1.82, 2.24) is 5.32 Å². The van der Waals surface area contributed by atoms with Crippen LogP contribution in [0.15, 0.2) is 30.3 Å². The quantitative estimate of drug-likeness (QED) is 0.0579. The highest BCUT2D eigenvalue weighted by Gasteiger charge is 2.53. The van der Waals surface area contributed by atoms with Crippen molar-refractivity contribution in [3.8, 4) is 11.5 Å². The van der Waals surface area contributed by atoms with E-state index in [-0.39, 0.29) is 30.2 Å². The summed E-state index contributed by atoms with van der Waals surface area (Å²) in [5.41, 5.74) is 3.42. The van der Waals surface area contributed by atoms with Gasteiger partial charge in [-0.05, 0) is 50.2 Å². The van der Waals surface area contributed by atoms with Crippen molar-refractivity contribution < 1.29 is 73.4 Å². The van der Waals surface area contributed by atoms with Gasteiger partial charge < -0.3 is 64.4 Å². The van der Waals surface area contributed by atoms with Crippen LogP contribution in [0.1, 0.15) is 82.0 Å². The first kappa shape index (κ1) is 48.0. The van der Waals surface area contributed by atoms with Gasteiger partial charge in [0, 0.05) is 18.9 Å². The molecular weight excluding hydrogens is 799 g/mol. The maximum absolute atomic E-state index is 13.7. The molecule has 0 spiro atoms. The summed E-state index contributed by atoms with van der Waals surface area (Å²) in [5.74, 6) is -0.283. The number of rotatable bonds is 15. The minimum absolute atomic E-state index is 0.0154. The van der Waals surface area contributed by atoms with Gasteiger partial charge in [-0.25, -0.2) is 9.59 Å². The zero-order chi connectivity index (χ0) is 43.7. The molecule has 60 heavy (non-hydrogen) atoms. The lowest BCUT2D eigenvalue weighted by Crippen LogP contribution is -2.64. The van der Waals surface area contributed by atoms with E-state index in [1.54, 1.807) is 18.2 Å². The minimum Gasteiger partial charge on any atom is -0.479 e. The number of carbonyl (C=O) groups is 3. The average Bonchev–Trinajstić information content (AvgIpc) is 3.21. The molecule has 2 saturated heterocycles. The Morgan fingerprint density at radius 3 is 2.22 bits per heavy atom. The molecule has 2 aliphatic heterocycles. The molecule has 2 saturated carbocycles. The molecular formula is C43H65NO15Si. The first-order valence-electron chi connectivity index (χ1n) is 21.3. The Bertz CT molecular complexity index is 1610. The second-order valence-corrected chi connectivity index (χ2v) is 22.6. The third kappa shape index (κ3) is 12.8. The molecule has 0 bridgehead atoms. The van der Waals surface area contributed by atoms with Crippen molar-refractivity contribution in [3.05, 3.63) is 35.9 Å². The lowest BCUT2D eigenvalue weighted by molar-refractivity contribution is -0.349. The predicted octanol–water partition coefficient (Wildman–Crippen LogP) is 2.13. The van der Waals surface area contributed by atoms with E-state index in [1.165, 1.54) is 19.1 Å². The van der Waals surface area contributed by atoms with Gasteiger partial charge in [-0.3, -0.25) is 4.79 Å². The Morgan fingerprint density at radius 1 is 0.867 bits per heavy atom. The molecule has 1 aromatic rings. The second-order valence-electron chi connectivity index (χ2n) is 17.8. The molecule has 1 aromatic carbocycles. The van der Waals surface area contributed by atoms with Gasteiger partial charge in [0.2, 0.25) is 5.91 Å². The molecule has 336 valence electrons. The number of aliphatic hydroxyl groups is 5. The van der Waals surface area contributed by atoms with E-state index in [9.17, 15) is 45.0 Å². The number of hydrogen-bond acceptors (Lipinski definition) is 14. The lowest BCUT2D eigenvalue weighted by Gasteiger charge is -2.48. The third-order valence-corrected chi connectivity index (χ3v) is 12.7. The number of carbonyl (C=O) groups excluding carboxylic acids is 2. The number of esters is 1. The second kappa shape index (κ2) is 21.9. The number of aliphatic hydroxyl groups excluding tert-OH is 5. The van der Waals surface area contributed by atoms with Crippen LogP contribution in [0.3, 0.4) is 0 Å². The number of nitrogens with one attached hydrogen (secondary N) is 1. The average molecular weight is 864 g/mol. The van der Waals surface area contributed by atoms with E-state index in [1.807, 2.05) is 6.92 Å². The van der Waals surface area contributed by atoms with Gasteiger partial charge in [-0.15, -0.1) is 11.5 Å². The molecule has 2 aliphatic carbocycles. The number of carboxylic acids is 1. The van der Waals surface area contributed by atoms with Crippen LogP contribution in [-0.2, 0) is 38.0 Å². The molecule has 15 atom stereocenters. The van der Waals surface area contributed by atoms with E-state index in [0.717, 1.165) is 32.1 Å². The van der Waals surface area contributed by atoms with Crippen molar-refractivity contribution in [2.45, 2.75) is 171 Å². The molecule has 2 heterocycles. The standard InChI is InChI=1S/C43H65NO15Si/c1-24-20-28(39(50)44-18-12-13-19-60(3,4)5)22-29(36(24)59-42-35(49)34(48)32(46)25(2)54-42)56-43-38(58-41(53)27-16-10-7-11-17-27)37(33(47)31(23-45)57-43)55-30(40(51)52)21-26-14-8-6-9-15-26/h7,10-11,16-17,24-26,28-38,42-43,45-49H,6,8-9,12,14-15,18,20-23H2,1-5H3,(H,44,50)(H,51,52)/t24-,25-,28+,29+,30-,31+,32+,33-,34+,35-,36+,37-,38+,42-,43+/m0/s1. The summed E-state index contributed by atoms with van der Waals surface area (Å²) in [7, 11) is -1.60. The van der Waals surface area contributed by atoms with Crippen LogP contribution in [0, 0.1) is 29.2 Å². The van der Waals surface area contributed by atoms with Crippen molar-refractivity contribution in [2.24, 2.45) is 17.8 Å². The fourth-order valence-corrected chi connectivity index (χ4v) is 9.19. The van der Waals surface area contributed by atoms with Gasteiger partial charge >= 0.3 is 11.9 Å². The van der Waals surface area contributed by atoms with Crippen molar-refractivity contribution in [1.29, 1.82) is 0 Å². The molecule has 4 fully saturated rings. The van der Waals surface area contributed by atoms with E-state index in [4.69, 9.17) is 28.4 Å². The van der Waals surface area contributed by atoms with Crippen molar-refractivity contribution >= 4 is 25.9 Å². The van der Waals surface area contributed by atoms with Gasteiger partial charge in [0.15, 0.2) is 24.8 Å². The Morgan fingerprint density at radius 2 is 1.57 bits per heavy atom. The largest absolute Gasteiger partial charge is 0.479 e. The van der Waals surface area contributed by atoms with Crippen LogP contribution in [0.2, 0.25) is 19.6 Å². The van der Waals surface area contributed by atoms with Crippen LogP contribution < -0.4 is 5.32 Å². The predicted molar refractivity (Wildman–Crippen MR) is 218 cm³/mol. The zero-order valence-electron chi connectivity index (χ0n) is 35.3. The smallest absolute Gasteiger partial charge is 0.338 e. The molecule has 4 aliphatic rings. The first-order chi connectivity index (χ1) is 28.5. The summed E-state index contributed by atoms with van der Waals surface area (Å²) in [6.07, 6.45) is -12.7. The summed E-state index contributed by atoms with van der Waals surface area (Å²) in [4.78, 5) is 40.2. The molecule has 16 nitrogen and oxygen atoms in total. The molecule has 0 radical (unpaired) electrons. The first-order valence-corrected chi connectivity index (χ1v) is 24.8. The summed E-state index contributed by atoms with van der Waals surface area (Å²) in [5, 5.41) is 67.3. The molecule has 1 amide bonds. The summed E-state index contributed by atoms with van der Waals surface area (Å²) in [6.45, 7) is 9.29. The molecule has 0 unspecified atom stereocenters. The Labute approximate surface area is 353 Å². The maximum Gasteiger partial charge on any atom is 0.338 e. The van der Waals surface area contributed by atoms with E-state index in [0.29, 0.717) is 19.4 Å². The Kier molecular flexibility index (Phi) is 17.5. The normalized spacial score (nSPS) is 35.7. The molecule has 7 N–H and O–H groups in total. The van der Waals surface area contributed by atoms with Crippen LogP contribution in [0.4, 0.5) is 0 Å². The van der Waals surface area contributed by atoms with Gasteiger partial charge in [-0.1, -0.05) is 76.9 Å². The fourth-order valence-electron chi connectivity index (χ4n) is 8.53. The number of amides is 1. The maximum atomic E-state index is 13.7. The molecule has 17 heteroatoms. The zero-order valence-corrected chi connectivity index (χ0v) is 36.3. The van der Waals surface area contributed by atoms with Crippen LogP contribution in [-0.4, -0.2) is 149 Å². The van der Waals surface area contributed by atoms with Crippen LogP contribution in [0.5, 0.6) is 0 Å². The lowest BCUT2D eigenvalue weighted by atomic mass is 9.77. The van der Waals surface area contributed by atoms with E-state index in [2.05, 4.69) is 36.4 Å². The van der Waals surface area contributed by atoms with Gasteiger partial charge in [0.05, 0.1) is 30.5 Å². The van der Waals surface area contributed by atoms with Gasteiger partial charge in [-0.2, -0.15) is 0 Å². The topological polar surface area (TPSA) is 240 Å². The van der Waals surface area contributed by atoms with Crippen LogP contribution in [0.25, 0.3) is 0 Å². The fraction of sp³-hybridized carbons (Fsp3) is 0.744. The van der Waals surface area contributed by atoms with Gasteiger partial charge in [0.1, 0.15) is 44.7 Å². The minimum atomic E-state index is -1.67. The number of hydrogen-bond donors (Lipinski definition) is 7. The highest BCUT2D eigenvalue weighted by atomic mass is 28.3. The number of aliphatic carboxylic acids is 1. The third-order valence-electron chi connectivity index (χ3n) is 11.8. The summed E-state index contributed by atoms with van der Waals surface area (Å²) < 4.78 is 37.2. The Balaban J connectivity index is 1.47. The molecule has 5 rings (SSSR count). The highest BCUT2D eigenvalue weighted by molar-refractivity contribution is 6.83. The number of carboxylic acid groups (broad SMARTS) is 1. The van der Waals surface area contributed by atoms with Crippen molar-refractivity contribution in [2.75, 3.05) is 13.2 Å². The summed E-state index contributed by atoms with van der Waals surface area (Å²) >= 11 is 0. The Hall–Kier alpha value is -2.99. The van der Waals surface area contributed by atoms with Gasteiger partial charge in [0.25, 0.3) is 0 Å². The van der Waals surface area contributed by atoms with Crippen LogP contribution >= 0.6 is 0 Å².